The van der Waals surface area contributed by atoms with Crippen LogP contribution in [0.5, 0.6) is 0 Å². The summed E-state index contributed by atoms with van der Waals surface area (Å²) in [6.07, 6.45) is 1.90. The van der Waals surface area contributed by atoms with Crippen molar-refractivity contribution in [1.29, 1.82) is 0 Å². The van der Waals surface area contributed by atoms with Gasteiger partial charge in [0.05, 0.1) is 28.3 Å². The highest BCUT2D eigenvalue weighted by atomic mass is 32.1. The summed E-state index contributed by atoms with van der Waals surface area (Å²) in [6, 6.07) is 5.91. The van der Waals surface area contributed by atoms with Gasteiger partial charge in [-0.1, -0.05) is 0 Å². The smallest absolute Gasteiger partial charge is 0.227 e. The van der Waals surface area contributed by atoms with Gasteiger partial charge in [-0.05, 0) is 71.0 Å². The molecule has 1 aliphatic heterocycles. The number of carbonyl (C=O) groups excluding carboxylic acids is 1. The number of carbonyl (C=O) groups is 1. The number of likely N-dealkylation sites (tertiary alicyclic amines) is 1. The van der Waals surface area contributed by atoms with Gasteiger partial charge in [0.15, 0.2) is 5.11 Å². The number of anilines is 1. The van der Waals surface area contributed by atoms with E-state index in [2.05, 4.69) is 20.2 Å². The summed E-state index contributed by atoms with van der Waals surface area (Å²) in [4.78, 5) is 25.9. The van der Waals surface area contributed by atoms with Crippen molar-refractivity contribution in [2.75, 3.05) is 31.5 Å². The first kappa shape index (κ1) is 20.5. The van der Waals surface area contributed by atoms with Crippen LogP contribution in [0.3, 0.4) is 0 Å². The van der Waals surface area contributed by atoms with Gasteiger partial charge in [-0.15, -0.1) is 0 Å². The summed E-state index contributed by atoms with van der Waals surface area (Å²) in [7, 11) is 0. The highest BCUT2D eigenvalue weighted by Gasteiger charge is 2.29. The predicted molar refractivity (Wildman–Crippen MR) is 117 cm³/mol. The molecule has 0 aliphatic carbocycles. The van der Waals surface area contributed by atoms with E-state index in [1.165, 1.54) is 0 Å². The fraction of sp³-hybridized carbons (Fsp3) is 0.524. The van der Waals surface area contributed by atoms with Crippen molar-refractivity contribution in [3.05, 3.63) is 29.6 Å². The average Bonchev–Trinajstić information content (AvgIpc) is 2.70. The van der Waals surface area contributed by atoms with Crippen LogP contribution < -0.4 is 5.32 Å². The molecule has 6 nitrogen and oxygen atoms in total. The SMILES string of the molecule is CCN(CC)C(=O)C1CCCN(C(=S)Nc2ccc3nc(C)c(C)nc3c2)C1. The molecular weight excluding hydrogens is 370 g/mol. The number of piperidine rings is 1. The molecule has 1 unspecified atom stereocenters. The third kappa shape index (κ3) is 4.41. The third-order valence-corrected chi connectivity index (χ3v) is 5.82. The number of aromatic nitrogens is 2. The van der Waals surface area contributed by atoms with Crippen LogP contribution in [0.2, 0.25) is 0 Å². The largest absolute Gasteiger partial charge is 0.348 e. The minimum Gasteiger partial charge on any atom is -0.348 e. The molecule has 150 valence electrons. The molecule has 1 amide bonds. The summed E-state index contributed by atoms with van der Waals surface area (Å²) in [5.74, 6) is 0.255. The lowest BCUT2D eigenvalue weighted by molar-refractivity contribution is -0.136. The Balaban J connectivity index is 1.69. The van der Waals surface area contributed by atoms with E-state index in [0.717, 1.165) is 60.6 Å². The number of fused-ring (bicyclic) bond motifs is 1. The minimum atomic E-state index is 0.0153. The Morgan fingerprint density at radius 1 is 1.21 bits per heavy atom. The van der Waals surface area contributed by atoms with Gasteiger partial charge in [0.1, 0.15) is 0 Å². The van der Waals surface area contributed by atoms with Crippen LogP contribution in [0.25, 0.3) is 11.0 Å². The van der Waals surface area contributed by atoms with Crippen molar-refractivity contribution >= 4 is 40.0 Å². The molecule has 1 N–H and O–H groups in total. The van der Waals surface area contributed by atoms with E-state index < -0.39 is 0 Å². The Kier molecular flexibility index (Phi) is 6.44. The molecule has 1 aromatic carbocycles. The van der Waals surface area contributed by atoms with Crippen LogP contribution in [-0.4, -0.2) is 57.0 Å². The second kappa shape index (κ2) is 8.82. The summed E-state index contributed by atoms with van der Waals surface area (Å²) in [5, 5.41) is 3.98. The Labute approximate surface area is 172 Å². The molecule has 7 heteroatoms. The number of hydrogen-bond acceptors (Lipinski definition) is 4. The molecule has 1 atom stereocenters. The lowest BCUT2D eigenvalue weighted by Crippen LogP contribution is -2.47. The van der Waals surface area contributed by atoms with Gasteiger partial charge in [-0.25, -0.2) is 9.97 Å². The van der Waals surface area contributed by atoms with Crippen LogP contribution in [0, 0.1) is 19.8 Å². The maximum Gasteiger partial charge on any atom is 0.227 e. The van der Waals surface area contributed by atoms with Gasteiger partial charge >= 0.3 is 0 Å². The monoisotopic (exact) mass is 399 g/mol. The molecule has 0 radical (unpaired) electrons. The molecule has 2 heterocycles. The first-order chi connectivity index (χ1) is 13.4. The second-order valence-corrected chi connectivity index (χ2v) is 7.71. The quantitative estimate of drug-likeness (QED) is 0.794. The van der Waals surface area contributed by atoms with Crippen LogP contribution in [0.4, 0.5) is 5.69 Å². The fourth-order valence-electron chi connectivity index (χ4n) is 3.67. The first-order valence-electron chi connectivity index (χ1n) is 10.0. The number of benzene rings is 1. The Morgan fingerprint density at radius 2 is 1.89 bits per heavy atom. The summed E-state index contributed by atoms with van der Waals surface area (Å²) in [6.45, 7) is 11.0. The normalized spacial score (nSPS) is 16.9. The molecular formula is C21H29N5OS. The number of nitrogens with zero attached hydrogens (tertiary/aromatic N) is 4. The maximum atomic E-state index is 12.7. The molecule has 2 aromatic rings. The lowest BCUT2D eigenvalue weighted by Gasteiger charge is -2.36. The Morgan fingerprint density at radius 3 is 2.57 bits per heavy atom. The van der Waals surface area contributed by atoms with E-state index in [1.54, 1.807) is 0 Å². The lowest BCUT2D eigenvalue weighted by atomic mass is 9.96. The van der Waals surface area contributed by atoms with Gasteiger partial charge in [0.25, 0.3) is 0 Å². The van der Waals surface area contributed by atoms with Crippen molar-refractivity contribution in [3.63, 3.8) is 0 Å². The molecule has 1 fully saturated rings. The second-order valence-electron chi connectivity index (χ2n) is 7.32. The van der Waals surface area contributed by atoms with Crippen molar-refractivity contribution in [2.45, 2.75) is 40.5 Å². The van der Waals surface area contributed by atoms with Crippen LogP contribution >= 0.6 is 12.2 Å². The zero-order valence-corrected chi connectivity index (χ0v) is 18.0. The van der Waals surface area contributed by atoms with E-state index >= 15 is 0 Å². The molecule has 0 spiro atoms. The van der Waals surface area contributed by atoms with Crippen molar-refractivity contribution < 1.29 is 4.79 Å². The van der Waals surface area contributed by atoms with Crippen LogP contribution in [0.1, 0.15) is 38.1 Å². The van der Waals surface area contributed by atoms with Crippen LogP contribution in [0.15, 0.2) is 18.2 Å². The molecule has 3 rings (SSSR count). The molecule has 0 saturated carbocycles. The van der Waals surface area contributed by atoms with E-state index in [1.807, 2.05) is 50.8 Å². The number of aryl methyl sites for hydroxylation is 2. The van der Waals surface area contributed by atoms with E-state index in [4.69, 9.17) is 12.2 Å². The van der Waals surface area contributed by atoms with Gasteiger partial charge in [-0.3, -0.25) is 4.79 Å². The number of amides is 1. The zero-order chi connectivity index (χ0) is 20.3. The minimum absolute atomic E-state index is 0.0153. The van der Waals surface area contributed by atoms with Gasteiger partial charge in [-0.2, -0.15) is 0 Å². The van der Waals surface area contributed by atoms with E-state index in [9.17, 15) is 4.79 Å². The topological polar surface area (TPSA) is 61.4 Å². The zero-order valence-electron chi connectivity index (χ0n) is 17.2. The summed E-state index contributed by atoms with van der Waals surface area (Å²) in [5.41, 5.74) is 4.50. The summed E-state index contributed by atoms with van der Waals surface area (Å²) >= 11 is 5.64. The Hall–Kier alpha value is -2.28. The molecule has 1 aliphatic rings. The summed E-state index contributed by atoms with van der Waals surface area (Å²) < 4.78 is 0. The highest BCUT2D eigenvalue weighted by Crippen LogP contribution is 2.22. The molecule has 1 aromatic heterocycles. The van der Waals surface area contributed by atoms with Crippen molar-refractivity contribution in [3.8, 4) is 0 Å². The molecule has 28 heavy (non-hydrogen) atoms. The van der Waals surface area contributed by atoms with Gasteiger partial charge in [0, 0.05) is 31.9 Å². The predicted octanol–water partition coefficient (Wildman–Crippen LogP) is 3.52. The number of nitrogens with one attached hydrogen (secondary N) is 1. The van der Waals surface area contributed by atoms with Gasteiger partial charge < -0.3 is 15.1 Å². The average molecular weight is 400 g/mol. The molecule has 1 saturated heterocycles. The van der Waals surface area contributed by atoms with E-state index in [0.29, 0.717) is 11.7 Å². The first-order valence-corrected chi connectivity index (χ1v) is 10.4. The Bertz CT molecular complexity index is 880. The standard InChI is InChI=1S/C21H29N5OS/c1-5-25(6-2)20(27)16-8-7-11-26(13-16)21(28)24-17-9-10-18-19(12-17)23-15(4)14(3)22-18/h9-10,12,16H,5-8,11,13H2,1-4H3,(H,24,28). The number of hydrogen-bond donors (Lipinski definition) is 1. The highest BCUT2D eigenvalue weighted by molar-refractivity contribution is 7.80. The van der Waals surface area contributed by atoms with Crippen molar-refractivity contribution in [1.82, 2.24) is 19.8 Å². The van der Waals surface area contributed by atoms with E-state index in [-0.39, 0.29) is 11.8 Å². The maximum absolute atomic E-state index is 12.7. The third-order valence-electron chi connectivity index (χ3n) is 5.46. The van der Waals surface area contributed by atoms with Crippen LogP contribution in [-0.2, 0) is 4.79 Å². The number of thiocarbonyl (C=S) groups is 1. The van der Waals surface area contributed by atoms with Crippen molar-refractivity contribution in [2.24, 2.45) is 5.92 Å². The van der Waals surface area contributed by atoms with Gasteiger partial charge in [0.2, 0.25) is 5.91 Å². The fourth-order valence-corrected chi connectivity index (χ4v) is 3.95. The number of rotatable bonds is 4. The molecule has 0 bridgehead atoms.